The maximum Gasteiger partial charge on any atom is 0.345 e. The van der Waals surface area contributed by atoms with E-state index in [-0.39, 0.29) is 5.92 Å². The van der Waals surface area contributed by atoms with Crippen molar-refractivity contribution in [3.8, 4) is 5.75 Å². The highest BCUT2D eigenvalue weighted by molar-refractivity contribution is 6.42. The number of ether oxygens (including phenoxy) is 1. The summed E-state index contributed by atoms with van der Waals surface area (Å²) in [4.78, 5) is 10.9. The third-order valence-corrected chi connectivity index (χ3v) is 2.74. The average molecular weight is 263 g/mol. The molecule has 0 radical (unpaired) electrons. The summed E-state index contributed by atoms with van der Waals surface area (Å²) < 4.78 is 5.33. The van der Waals surface area contributed by atoms with E-state index in [0.29, 0.717) is 15.8 Å². The maximum absolute atomic E-state index is 10.9. The van der Waals surface area contributed by atoms with Crippen molar-refractivity contribution in [3.63, 3.8) is 0 Å². The minimum absolute atomic E-state index is 0.132. The molecule has 0 saturated heterocycles. The molecule has 1 aromatic carbocycles. The molecule has 0 saturated carbocycles. The highest BCUT2D eigenvalue weighted by Gasteiger charge is 2.23. The summed E-state index contributed by atoms with van der Waals surface area (Å²) >= 11 is 11.5. The molecule has 1 rings (SSSR count). The zero-order chi connectivity index (χ0) is 12.3. The number of hydrogen-bond acceptors (Lipinski definition) is 2. The lowest BCUT2D eigenvalue weighted by Gasteiger charge is -2.18. The van der Waals surface area contributed by atoms with Crippen molar-refractivity contribution in [1.82, 2.24) is 0 Å². The van der Waals surface area contributed by atoms with Crippen molar-refractivity contribution in [2.45, 2.75) is 20.0 Å². The summed E-state index contributed by atoms with van der Waals surface area (Å²) in [5.74, 6) is -0.733. The number of benzene rings is 1. The standard InChI is InChI=1S/C11H12Cl2O3/c1-6(2)10(11(14)15)16-7-3-4-8(12)9(13)5-7/h3-6,10H,1-2H3,(H,14,15). The lowest BCUT2D eigenvalue weighted by atomic mass is 10.1. The predicted octanol–water partition coefficient (Wildman–Crippen LogP) is 3.48. The van der Waals surface area contributed by atoms with Crippen molar-refractivity contribution in [3.05, 3.63) is 28.2 Å². The van der Waals surface area contributed by atoms with E-state index in [9.17, 15) is 4.79 Å². The van der Waals surface area contributed by atoms with E-state index < -0.39 is 12.1 Å². The maximum atomic E-state index is 10.9. The second kappa shape index (κ2) is 5.41. The molecule has 0 amide bonds. The zero-order valence-corrected chi connectivity index (χ0v) is 10.4. The zero-order valence-electron chi connectivity index (χ0n) is 8.91. The van der Waals surface area contributed by atoms with Crippen molar-refractivity contribution >= 4 is 29.2 Å². The second-order valence-electron chi connectivity index (χ2n) is 3.70. The van der Waals surface area contributed by atoms with Gasteiger partial charge >= 0.3 is 5.97 Å². The quantitative estimate of drug-likeness (QED) is 0.904. The molecular formula is C11H12Cl2O3. The van der Waals surface area contributed by atoms with Gasteiger partial charge in [0.05, 0.1) is 10.0 Å². The smallest absolute Gasteiger partial charge is 0.345 e. The van der Waals surface area contributed by atoms with Gasteiger partial charge in [-0.3, -0.25) is 0 Å². The molecule has 3 nitrogen and oxygen atoms in total. The fraction of sp³-hybridized carbons (Fsp3) is 0.364. The Morgan fingerprint density at radius 2 is 1.94 bits per heavy atom. The van der Waals surface area contributed by atoms with E-state index >= 15 is 0 Å². The number of carboxylic acids is 1. The fourth-order valence-electron chi connectivity index (χ4n) is 1.17. The van der Waals surface area contributed by atoms with Crippen molar-refractivity contribution in [2.75, 3.05) is 0 Å². The van der Waals surface area contributed by atoms with Gasteiger partial charge in [0.2, 0.25) is 0 Å². The monoisotopic (exact) mass is 262 g/mol. The molecule has 88 valence electrons. The molecule has 1 atom stereocenters. The highest BCUT2D eigenvalue weighted by atomic mass is 35.5. The SMILES string of the molecule is CC(C)C(Oc1ccc(Cl)c(Cl)c1)C(=O)O. The number of carbonyl (C=O) groups is 1. The van der Waals surface area contributed by atoms with E-state index in [1.165, 1.54) is 6.07 Å². The Kier molecular flexibility index (Phi) is 4.44. The van der Waals surface area contributed by atoms with Crippen LogP contribution in [0.5, 0.6) is 5.75 Å². The van der Waals surface area contributed by atoms with Crippen molar-refractivity contribution in [2.24, 2.45) is 5.92 Å². The Bertz CT molecular complexity index is 391. The molecule has 1 unspecified atom stereocenters. The van der Waals surface area contributed by atoms with Gasteiger partial charge < -0.3 is 9.84 Å². The van der Waals surface area contributed by atoms with Crippen LogP contribution in [0.4, 0.5) is 0 Å². The third kappa shape index (κ3) is 3.29. The summed E-state index contributed by atoms with van der Waals surface area (Å²) in [5, 5.41) is 9.69. The molecule has 0 bridgehead atoms. The molecule has 1 aromatic rings. The fourth-order valence-corrected chi connectivity index (χ4v) is 1.46. The van der Waals surface area contributed by atoms with Gasteiger partial charge in [-0.05, 0) is 12.1 Å². The first-order chi connectivity index (χ1) is 7.41. The molecule has 0 aliphatic carbocycles. The van der Waals surface area contributed by atoms with Crippen LogP contribution < -0.4 is 4.74 Å². The summed E-state index contributed by atoms with van der Waals surface area (Å²) in [6, 6.07) is 4.66. The van der Waals surface area contributed by atoms with Gasteiger partial charge in [0.15, 0.2) is 6.10 Å². The van der Waals surface area contributed by atoms with Crippen LogP contribution in [-0.4, -0.2) is 17.2 Å². The van der Waals surface area contributed by atoms with Gasteiger partial charge in [-0.1, -0.05) is 37.0 Å². The molecular weight excluding hydrogens is 251 g/mol. The molecule has 0 heterocycles. The van der Waals surface area contributed by atoms with Crippen LogP contribution >= 0.6 is 23.2 Å². The van der Waals surface area contributed by atoms with Gasteiger partial charge in [-0.15, -0.1) is 0 Å². The van der Waals surface area contributed by atoms with Crippen molar-refractivity contribution in [1.29, 1.82) is 0 Å². The minimum atomic E-state index is -0.999. The van der Waals surface area contributed by atoms with E-state index in [2.05, 4.69) is 0 Å². The number of rotatable bonds is 4. The Morgan fingerprint density at radius 3 is 2.38 bits per heavy atom. The first kappa shape index (κ1) is 13.1. The van der Waals surface area contributed by atoms with E-state index in [0.717, 1.165) is 0 Å². The van der Waals surface area contributed by atoms with Crippen LogP contribution in [0.2, 0.25) is 10.0 Å². The van der Waals surface area contributed by atoms with Gasteiger partial charge in [-0.2, -0.15) is 0 Å². The lowest BCUT2D eigenvalue weighted by molar-refractivity contribution is -0.147. The summed E-state index contributed by atoms with van der Waals surface area (Å²) in [7, 11) is 0. The van der Waals surface area contributed by atoms with Gasteiger partial charge in [0.1, 0.15) is 5.75 Å². The Hall–Kier alpha value is -0.930. The second-order valence-corrected chi connectivity index (χ2v) is 4.51. The first-order valence-corrected chi connectivity index (χ1v) is 5.52. The number of carboxylic acid groups (broad SMARTS) is 1. The Labute approximate surface area is 104 Å². The number of aliphatic carboxylic acids is 1. The predicted molar refractivity (Wildman–Crippen MR) is 63.4 cm³/mol. The van der Waals surface area contributed by atoms with E-state index in [1.54, 1.807) is 26.0 Å². The first-order valence-electron chi connectivity index (χ1n) is 4.76. The van der Waals surface area contributed by atoms with Gasteiger partial charge in [0, 0.05) is 12.0 Å². The van der Waals surface area contributed by atoms with Crippen LogP contribution in [0.1, 0.15) is 13.8 Å². The van der Waals surface area contributed by atoms with E-state index in [4.69, 9.17) is 33.0 Å². The summed E-state index contributed by atoms with van der Waals surface area (Å²) in [6.07, 6.45) is -0.891. The highest BCUT2D eigenvalue weighted by Crippen LogP contribution is 2.27. The molecule has 0 fully saturated rings. The van der Waals surface area contributed by atoms with Crippen LogP contribution in [0.3, 0.4) is 0 Å². The molecule has 5 heteroatoms. The molecule has 0 aliphatic rings. The normalized spacial score (nSPS) is 12.6. The van der Waals surface area contributed by atoms with Gasteiger partial charge in [-0.25, -0.2) is 4.79 Å². The summed E-state index contributed by atoms with van der Waals surface area (Å²) in [5.41, 5.74) is 0. The summed E-state index contributed by atoms with van der Waals surface area (Å²) in [6.45, 7) is 3.55. The molecule has 0 aromatic heterocycles. The van der Waals surface area contributed by atoms with Crippen molar-refractivity contribution < 1.29 is 14.6 Å². The van der Waals surface area contributed by atoms with E-state index in [1.807, 2.05) is 0 Å². The average Bonchev–Trinajstić information content (AvgIpc) is 2.18. The number of halogens is 2. The van der Waals surface area contributed by atoms with Crippen LogP contribution in [0.15, 0.2) is 18.2 Å². The van der Waals surface area contributed by atoms with Crippen LogP contribution in [0.25, 0.3) is 0 Å². The molecule has 0 spiro atoms. The molecule has 1 N–H and O–H groups in total. The third-order valence-electron chi connectivity index (χ3n) is 2.00. The minimum Gasteiger partial charge on any atom is -0.478 e. The van der Waals surface area contributed by atoms with Crippen LogP contribution in [0, 0.1) is 5.92 Å². The molecule has 16 heavy (non-hydrogen) atoms. The van der Waals surface area contributed by atoms with Gasteiger partial charge in [0.25, 0.3) is 0 Å². The lowest BCUT2D eigenvalue weighted by Crippen LogP contribution is -2.32. The largest absolute Gasteiger partial charge is 0.478 e. The number of hydrogen-bond donors (Lipinski definition) is 1. The Morgan fingerprint density at radius 1 is 1.31 bits per heavy atom. The Balaban J connectivity index is 2.86. The molecule has 0 aliphatic heterocycles. The van der Waals surface area contributed by atoms with Crippen LogP contribution in [-0.2, 0) is 4.79 Å². The topological polar surface area (TPSA) is 46.5 Å².